The number of carbonyl (C=O) groups excluding carboxylic acids is 1. The van der Waals surface area contributed by atoms with Gasteiger partial charge in [0.15, 0.2) is 0 Å². The van der Waals surface area contributed by atoms with Crippen LogP contribution in [-0.2, 0) is 9.53 Å². The second-order valence-electron chi connectivity index (χ2n) is 4.06. The molecule has 98 valence electrons. The summed E-state index contributed by atoms with van der Waals surface area (Å²) in [6.07, 6.45) is -4.24. The van der Waals surface area contributed by atoms with Crippen molar-refractivity contribution in [2.24, 2.45) is 5.92 Å². The van der Waals surface area contributed by atoms with Gasteiger partial charge in [-0.05, 0) is 18.1 Å². The van der Waals surface area contributed by atoms with Crippen molar-refractivity contribution in [3.8, 4) is 5.75 Å². The van der Waals surface area contributed by atoms with E-state index in [4.69, 9.17) is 0 Å². The lowest BCUT2D eigenvalue weighted by Gasteiger charge is -2.12. The molecular formula is C12H11F3O3. The Morgan fingerprint density at radius 1 is 1.33 bits per heavy atom. The number of esters is 1. The van der Waals surface area contributed by atoms with Gasteiger partial charge in [-0.15, -0.1) is 13.2 Å². The summed E-state index contributed by atoms with van der Waals surface area (Å²) in [4.78, 5) is 11.3. The van der Waals surface area contributed by atoms with Crippen LogP contribution >= 0.6 is 0 Å². The molecule has 0 spiro atoms. The molecule has 1 saturated carbocycles. The number of rotatable bonds is 3. The van der Waals surface area contributed by atoms with Gasteiger partial charge in [0, 0.05) is 5.92 Å². The molecule has 0 radical (unpaired) electrons. The Hall–Kier alpha value is -1.72. The van der Waals surface area contributed by atoms with Gasteiger partial charge in [0.2, 0.25) is 0 Å². The van der Waals surface area contributed by atoms with Crippen LogP contribution in [0.1, 0.15) is 17.9 Å². The van der Waals surface area contributed by atoms with Crippen LogP contribution in [0.2, 0.25) is 0 Å². The molecule has 0 unspecified atom stereocenters. The molecule has 0 aliphatic heterocycles. The Morgan fingerprint density at radius 3 is 2.61 bits per heavy atom. The number of alkyl halides is 3. The molecule has 18 heavy (non-hydrogen) atoms. The number of para-hydroxylation sites is 1. The van der Waals surface area contributed by atoms with Crippen molar-refractivity contribution in [2.45, 2.75) is 18.7 Å². The molecule has 0 N–H and O–H groups in total. The van der Waals surface area contributed by atoms with Crippen LogP contribution in [0.5, 0.6) is 5.75 Å². The van der Waals surface area contributed by atoms with Gasteiger partial charge < -0.3 is 9.47 Å². The number of ether oxygens (including phenoxy) is 2. The van der Waals surface area contributed by atoms with Gasteiger partial charge in [0.25, 0.3) is 0 Å². The van der Waals surface area contributed by atoms with Gasteiger partial charge in [-0.1, -0.05) is 18.2 Å². The Labute approximate surface area is 102 Å². The first-order chi connectivity index (χ1) is 8.42. The average Bonchev–Trinajstić information content (AvgIpc) is 3.06. The SMILES string of the molecule is COC(=O)[C@H]1C[C@@H]1c1ccccc1OC(F)(F)F. The smallest absolute Gasteiger partial charge is 0.469 e. The van der Waals surface area contributed by atoms with E-state index in [0.717, 1.165) is 0 Å². The van der Waals surface area contributed by atoms with E-state index in [9.17, 15) is 18.0 Å². The highest BCUT2D eigenvalue weighted by atomic mass is 19.4. The maximum absolute atomic E-state index is 12.2. The van der Waals surface area contributed by atoms with E-state index in [1.807, 2.05) is 0 Å². The molecule has 2 rings (SSSR count). The predicted octanol–water partition coefficient (Wildman–Crippen LogP) is 2.86. The lowest BCUT2D eigenvalue weighted by molar-refractivity contribution is -0.274. The lowest BCUT2D eigenvalue weighted by Crippen LogP contribution is -2.18. The van der Waals surface area contributed by atoms with Gasteiger partial charge in [0.1, 0.15) is 5.75 Å². The quantitative estimate of drug-likeness (QED) is 0.784. The second-order valence-corrected chi connectivity index (χ2v) is 4.06. The zero-order valence-electron chi connectivity index (χ0n) is 9.53. The third kappa shape index (κ3) is 2.75. The van der Waals surface area contributed by atoms with Crippen molar-refractivity contribution in [2.75, 3.05) is 7.11 Å². The Morgan fingerprint density at radius 2 is 2.00 bits per heavy atom. The van der Waals surface area contributed by atoms with Crippen LogP contribution < -0.4 is 4.74 Å². The molecule has 1 aliphatic carbocycles. The van der Waals surface area contributed by atoms with E-state index in [1.54, 1.807) is 6.07 Å². The zero-order chi connectivity index (χ0) is 13.3. The van der Waals surface area contributed by atoms with E-state index in [-0.39, 0.29) is 17.6 Å². The van der Waals surface area contributed by atoms with Crippen LogP contribution in [0.15, 0.2) is 24.3 Å². The van der Waals surface area contributed by atoms with Crippen LogP contribution in [0.4, 0.5) is 13.2 Å². The summed E-state index contributed by atoms with van der Waals surface area (Å²) in [6, 6.07) is 5.86. The van der Waals surface area contributed by atoms with Crippen molar-refractivity contribution in [1.29, 1.82) is 0 Å². The number of hydrogen-bond donors (Lipinski definition) is 0. The maximum atomic E-state index is 12.2. The van der Waals surface area contributed by atoms with E-state index >= 15 is 0 Å². The van der Waals surface area contributed by atoms with Crippen LogP contribution in [0.3, 0.4) is 0 Å². The highest BCUT2D eigenvalue weighted by molar-refractivity contribution is 5.77. The Balaban J connectivity index is 2.17. The number of carbonyl (C=O) groups is 1. The summed E-state index contributed by atoms with van der Waals surface area (Å²) in [7, 11) is 1.26. The zero-order valence-corrected chi connectivity index (χ0v) is 9.53. The summed E-state index contributed by atoms with van der Waals surface area (Å²) in [5, 5.41) is 0. The third-order valence-corrected chi connectivity index (χ3v) is 2.84. The van der Waals surface area contributed by atoms with Crippen molar-refractivity contribution in [3.63, 3.8) is 0 Å². The molecule has 1 fully saturated rings. The van der Waals surface area contributed by atoms with Gasteiger partial charge in [0.05, 0.1) is 13.0 Å². The molecule has 2 atom stereocenters. The minimum Gasteiger partial charge on any atom is -0.469 e. The topological polar surface area (TPSA) is 35.5 Å². The lowest BCUT2D eigenvalue weighted by atomic mass is 10.1. The number of methoxy groups -OCH3 is 1. The van der Waals surface area contributed by atoms with E-state index in [1.165, 1.54) is 25.3 Å². The van der Waals surface area contributed by atoms with E-state index < -0.39 is 12.3 Å². The largest absolute Gasteiger partial charge is 0.573 e. The average molecular weight is 260 g/mol. The van der Waals surface area contributed by atoms with Gasteiger partial charge in [-0.2, -0.15) is 0 Å². The summed E-state index contributed by atoms with van der Waals surface area (Å²) in [5.41, 5.74) is 0.394. The van der Waals surface area contributed by atoms with Crippen molar-refractivity contribution >= 4 is 5.97 Å². The highest BCUT2D eigenvalue weighted by Crippen LogP contribution is 2.51. The maximum Gasteiger partial charge on any atom is 0.573 e. The molecule has 1 aromatic rings. The number of hydrogen-bond acceptors (Lipinski definition) is 3. The molecule has 0 heterocycles. The highest BCUT2D eigenvalue weighted by Gasteiger charge is 2.47. The monoisotopic (exact) mass is 260 g/mol. The molecule has 0 aromatic heterocycles. The van der Waals surface area contributed by atoms with Crippen LogP contribution in [-0.4, -0.2) is 19.4 Å². The van der Waals surface area contributed by atoms with E-state index in [2.05, 4.69) is 9.47 Å². The van der Waals surface area contributed by atoms with Gasteiger partial charge in [-0.3, -0.25) is 4.79 Å². The molecule has 0 amide bonds. The summed E-state index contributed by atoms with van der Waals surface area (Å²) >= 11 is 0. The van der Waals surface area contributed by atoms with Gasteiger partial charge in [-0.25, -0.2) is 0 Å². The van der Waals surface area contributed by atoms with Crippen LogP contribution in [0.25, 0.3) is 0 Å². The second kappa shape index (κ2) is 4.51. The Bertz CT molecular complexity index is 456. The molecule has 6 heteroatoms. The fourth-order valence-corrected chi connectivity index (χ4v) is 1.96. The fraction of sp³-hybridized carbons (Fsp3) is 0.417. The Kier molecular flexibility index (Phi) is 3.19. The number of benzene rings is 1. The summed E-state index contributed by atoms with van der Waals surface area (Å²) < 4.78 is 45.1. The molecule has 3 nitrogen and oxygen atoms in total. The number of halogens is 3. The van der Waals surface area contributed by atoms with Gasteiger partial charge >= 0.3 is 12.3 Å². The molecular weight excluding hydrogens is 249 g/mol. The minimum atomic E-state index is -4.73. The first-order valence-electron chi connectivity index (χ1n) is 5.35. The first-order valence-corrected chi connectivity index (χ1v) is 5.35. The molecule has 1 aromatic carbocycles. The standard InChI is InChI=1S/C12H11F3O3/c1-17-11(16)9-6-8(9)7-4-2-3-5-10(7)18-12(13,14)15/h2-5,8-9H,6H2,1H3/t8-,9+/m1/s1. The predicted molar refractivity (Wildman–Crippen MR) is 56.0 cm³/mol. The molecule has 1 aliphatic rings. The normalized spacial score (nSPS) is 22.4. The van der Waals surface area contributed by atoms with Crippen molar-refractivity contribution < 1.29 is 27.4 Å². The van der Waals surface area contributed by atoms with E-state index in [0.29, 0.717) is 12.0 Å². The van der Waals surface area contributed by atoms with Crippen molar-refractivity contribution in [3.05, 3.63) is 29.8 Å². The first kappa shape index (κ1) is 12.7. The minimum absolute atomic E-state index is 0.249. The molecule has 0 saturated heterocycles. The molecule has 0 bridgehead atoms. The summed E-state index contributed by atoms with van der Waals surface area (Å²) in [6.45, 7) is 0. The summed E-state index contributed by atoms with van der Waals surface area (Å²) in [5.74, 6) is -1.27. The van der Waals surface area contributed by atoms with Crippen LogP contribution in [0, 0.1) is 5.92 Å². The third-order valence-electron chi connectivity index (χ3n) is 2.84. The fourth-order valence-electron chi connectivity index (χ4n) is 1.96. The van der Waals surface area contributed by atoms with Crippen molar-refractivity contribution in [1.82, 2.24) is 0 Å².